The predicted octanol–water partition coefficient (Wildman–Crippen LogP) is 4.21. The summed E-state index contributed by atoms with van der Waals surface area (Å²) in [5.74, 6) is 2.85. The molecule has 0 spiro atoms. The number of ether oxygens (including phenoxy) is 3. The molecule has 2 fully saturated rings. The number of unbranched alkanes of at least 4 members (excludes halogenated alkanes) is 1. The highest BCUT2D eigenvalue weighted by Gasteiger charge is 2.28. The maximum absolute atomic E-state index is 13.6. The Kier molecular flexibility index (Phi) is 8.74. The lowest BCUT2D eigenvalue weighted by molar-refractivity contribution is 0.122. The molecule has 0 radical (unpaired) electrons. The van der Waals surface area contributed by atoms with E-state index >= 15 is 0 Å². The number of benzene rings is 2. The number of rotatable bonds is 9. The Labute approximate surface area is 257 Å². The fourth-order valence-corrected chi connectivity index (χ4v) is 6.21. The Bertz CT molecular complexity index is 1770. The van der Waals surface area contributed by atoms with E-state index in [-0.39, 0.29) is 17.3 Å². The maximum Gasteiger partial charge on any atom is 0.331 e. The van der Waals surface area contributed by atoms with E-state index in [9.17, 15) is 9.59 Å². The molecular formula is C33H42N6O5. The lowest BCUT2D eigenvalue weighted by atomic mass is 10.0. The summed E-state index contributed by atoms with van der Waals surface area (Å²) in [6.45, 7) is 11.2. The first-order chi connectivity index (χ1) is 21.4. The minimum absolute atomic E-state index is 0.202. The van der Waals surface area contributed by atoms with E-state index in [4.69, 9.17) is 24.2 Å². The van der Waals surface area contributed by atoms with Crippen LogP contribution in [0.4, 0.5) is 11.8 Å². The van der Waals surface area contributed by atoms with Crippen LogP contribution >= 0.6 is 0 Å². The summed E-state index contributed by atoms with van der Waals surface area (Å²) in [7, 11) is 1.74. The number of aryl methyl sites for hydroxylation is 2. The molecule has 2 aromatic carbocycles. The van der Waals surface area contributed by atoms with Crippen LogP contribution in [0.1, 0.15) is 51.1 Å². The first kappa shape index (κ1) is 29.9. The molecule has 0 bridgehead atoms. The van der Waals surface area contributed by atoms with E-state index in [1.807, 2.05) is 44.2 Å². The molecule has 2 aliphatic heterocycles. The maximum atomic E-state index is 13.6. The molecule has 11 heteroatoms. The molecule has 234 valence electrons. The molecule has 2 aliphatic rings. The monoisotopic (exact) mass is 602 g/mol. The fourth-order valence-electron chi connectivity index (χ4n) is 6.21. The van der Waals surface area contributed by atoms with Crippen molar-refractivity contribution < 1.29 is 14.2 Å². The van der Waals surface area contributed by atoms with Gasteiger partial charge in [-0.05, 0) is 51.3 Å². The zero-order valence-corrected chi connectivity index (χ0v) is 26.2. The van der Waals surface area contributed by atoms with E-state index in [2.05, 4.69) is 16.7 Å². The molecule has 4 heterocycles. The van der Waals surface area contributed by atoms with Crippen LogP contribution in [0.5, 0.6) is 11.5 Å². The smallest absolute Gasteiger partial charge is 0.331 e. The number of nitrogens with zero attached hydrogens (tertiary/aromatic N) is 6. The average molecular weight is 603 g/mol. The minimum atomic E-state index is -0.274. The minimum Gasteiger partial charge on any atom is -0.490 e. The van der Waals surface area contributed by atoms with Crippen LogP contribution in [-0.4, -0.2) is 71.7 Å². The molecular weight excluding hydrogens is 560 g/mol. The largest absolute Gasteiger partial charge is 0.490 e. The van der Waals surface area contributed by atoms with Gasteiger partial charge in [0, 0.05) is 50.7 Å². The molecule has 6 rings (SSSR count). The molecule has 0 amide bonds. The van der Waals surface area contributed by atoms with Gasteiger partial charge in [-0.2, -0.15) is 4.98 Å². The van der Waals surface area contributed by atoms with Crippen LogP contribution in [0.2, 0.25) is 0 Å². The van der Waals surface area contributed by atoms with Gasteiger partial charge in [-0.25, -0.2) is 9.78 Å². The average Bonchev–Trinajstić information content (AvgIpc) is 3.04. The zero-order chi connectivity index (χ0) is 30.8. The number of hydrogen-bond acceptors (Lipinski definition) is 9. The second kappa shape index (κ2) is 12.9. The quantitative estimate of drug-likeness (QED) is 0.261. The van der Waals surface area contributed by atoms with E-state index in [1.54, 1.807) is 11.6 Å². The van der Waals surface area contributed by atoms with Crippen molar-refractivity contribution in [2.45, 2.75) is 52.5 Å². The highest BCUT2D eigenvalue weighted by atomic mass is 16.5. The van der Waals surface area contributed by atoms with Crippen molar-refractivity contribution >= 4 is 33.6 Å². The van der Waals surface area contributed by atoms with Gasteiger partial charge in [0.2, 0.25) is 5.95 Å². The molecule has 11 nitrogen and oxygen atoms in total. The van der Waals surface area contributed by atoms with Gasteiger partial charge in [0.25, 0.3) is 5.56 Å². The number of fused-ring (bicyclic) bond motifs is 2. The molecule has 0 atom stereocenters. The van der Waals surface area contributed by atoms with Crippen LogP contribution < -0.4 is 30.5 Å². The van der Waals surface area contributed by atoms with Gasteiger partial charge in [-0.15, -0.1) is 0 Å². The summed E-state index contributed by atoms with van der Waals surface area (Å²) in [6.07, 6.45) is 3.27. The Morgan fingerprint density at radius 2 is 1.66 bits per heavy atom. The molecule has 0 unspecified atom stereocenters. The summed E-state index contributed by atoms with van der Waals surface area (Å²) in [5.41, 5.74) is 1.95. The third kappa shape index (κ3) is 5.72. The van der Waals surface area contributed by atoms with Crippen molar-refractivity contribution in [3.63, 3.8) is 0 Å². The summed E-state index contributed by atoms with van der Waals surface area (Å²) in [6, 6.07) is 9.42. The lowest BCUT2D eigenvalue weighted by Crippen LogP contribution is -2.45. The van der Waals surface area contributed by atoms with Crippen molar-refractivity contribution in [2.24, 2.45) is 7.05 Å². The molecule has 0 saturated carbocycles. The van der Waals surface area contributed by atoms with Crippen molar-refractivity contribution in [1.82, 2.24) is 19.1 Å². The summed E-state index contributed by atoms with van der Waals surface area (Å²) in [4.78, 5) is 41.5. The highest BCUT2D eigenvalue weighted by molar-refractivity contribution is 5.93. The molecule has 2 aromatic heterocycles. The van der Waals surface area contributed by atoms with Crippen LogP contribution in [0.15, 0.2) is 39.9 Å². The number of hydrogen-bond donors (Lipinski definition) is 0. The van der Waals surface area contributed by atoms with Crippen LogP contribution in [0, 0.1) is 6.92 Å². The second-order valence-corrected chi connectivity index (χ2v) is 11.7. The zero-order valence-electron chi connectivity index (χ0n) is 26.2. The highest BCUT2D eigenvalue weighted by Crippen LogP contribution is 2.38. The number of anilines is 2. The van der Waals surface area contributed by atoms with Gasteiger partial charge >= 0.3 is 5.69 Å². The van der Waals surface area contributed by atoms with Crippen molar-refractivity contribution in [1.29, 1.82) is 0 Å². The molecule has 44 heavy (non-hydrogen) atoms. The van der Waals surface area contributed by atoms with Gasteiger partial charge in [-0.3, -0.25) is 13.9 Å². The summed E-state index contributed by atoms with van der Waals surface area (Å²) < 4.78 is 20.8. The first-order valence-corrected chi connectivity index (χ1v) is 15.8. The Morgan fingerprint density at radius 3 is 2.39 bits per heavy atom. The van der Waals surface area contributed by atoms with Crippen LogP contribution in [-0.2, 0) is 11.8 Å². The standard InChI is InChI=1S/C33H42N6O5/c1-5-7-16-44-29-21-26-24(20-28(29)43-6-2)30(35-32(34-26)38-14-17-42-18-15-38)37-12-10-23(11-13-37)39-31(40)25-19-22(3)8-9-27(25)36(4)33(39)41/h8-9,19-21,23H,5-7,10-18H2,1-4H3. The number of aromatic nitrogens is 4. The fraction of sp³-hybridized carbons (Fsp3) is 0.515. The SMILES string of the molecule is CCCCOc1cc2nc(N3CCOCC3)nc(N3CCC(n4c(=O)c5cc(C)ccc5n(C)c4=O)CC3)c2cc1OCC. The summed E-state index contributed by atoms with van der Waals surface area (Å²) >= 11 is 0. The molecule has 4 aromatic rings. The Hall–Kier alpha value is -4.12. The topological polar surface area (TPSA) is 104 Å². The van der Waals surface area contributed by atoms with Crippen LogP contribution in [0.3, 0.4) is 0 Å². The van der Waals surface area contributed by atoms with Gasteiger partial charge in [0.05, 0.1) is 42.8 Å². The third-order valence-corrected chi connectivity index (χ3v) is 8.66. The number of morpholine rings is 1. The van der Waals surface area contributed by atoms with Crippen molar-refractivity contribution in [3.8, 4) is 11.5 Å². The van der Waals surface area contributed by atoms with E-state index in [0.29, 0.717) is 80.7 Å². The molecule has 0 aliphatic carbocycles. The van der Waals surface area contributed by atoms with Crippen LogP contribution in [0.25, 0.3) is 21.8 Å². The van der Waals surface area contributed by atoms with Gasteiger partial charge in [0.1, 0.15) is 5.82 Å². The van der Waals surface area contributed by atoms with Gasteiger partial charge < -0.3 is 24.0 Å². The van der Waals surface area contributed by atoms with E-state index in [1.165, 1.54) is 4.57 Å². The van der Waals surface area contributed by atoms with Crippen molar-refractivity contribution in [2.75, 3.05) is 62.4 Å². The molecule has 0 N–H and O–H groups in total. The Morgan fingerprint density at radius 1 is 0.909 bits per heavy atom. The number of piperidine rings is 1. The normalized spacial score (nSPS) is 16.2. The van der Waals surface area contributed by atoms with E-state index < -0.39 is 0 Å². The summed E-state index contributed by atoms with van der Waals surface area (Å²) in [5, 5.41) is 1.47. The second-order valence-electron chi connectivity index (χ2n) is 11.7. The lowest BCUT2D eigenvalue weighted by Gasteiger charge is -2.35. The predicted molar refractivity (Wildman–Crippen MR) is 173 cm³/mol. The van der Waals surface area contributed by atoms with Gasteiger partial charge in [0.15, 0.2) is 11.5 Å². The van der Waals surface area contributed by atoms with Gasteiger partial charge in [-0.1, -0.05) is 25.0 Å². The molecule has 2 saturated heterocycles. The Balaban J connectivity index is 1.36. The van der Waals surface area contributed by atoms with E-state index in [0.717, 1.165) is 48.2 Å². The first-order valence-electron chi connectivity index (χ1n) is 15.8. The van der Waals surface area contributed by atoms with Crippen molar-refractivity contribution in [3.05, 3.63) is 56.7 Å². The third-order valence-electron chi connectivity index (χ3n) is 8.66.